The summed E-state index contributed by atoms with van der Waals surface area (Å²) in [4.78, 5) is 0. The zero-order valence-electron chi connectivity index (χ0n) is 9.81. The predicted octanol–water partition coefficient (Wildman–Crippen LogP) is 3.94. The van der Waals surface area contributed by atoms with Crippen LogP contribution in [0.1, 0.15) is 19.8 Å². The molecule has 0 fully saturated rings. The molecule has 0 amide bonds. The van der Waals surface area contributed by atoms with E-state index < -0.39 is 16.6 Å². The Morgan fingerprint density at radius 3 is 2.08 bits per heavy atom. The van der Waals surface area contributed by atoms with Gasteiger partial charge < -0.3 is 4.12 Å². The van der Waals surface area contributed by atoms with E-state index in [9.17, 15) is 0 Å². The molecule has 0 rings (SSSR count). The van der Waals surface area contributed by atoms with Gasteiger partial charge in [0.1, 0.15) is 0 Å². The number of hydrogen-bond acceptors (Lipinski definition) is 1. The maximum absolute atomic E-state index is 6.24. The third-order valence-electron chi connectivity index (χ3n) is 2.00. The summed E-state index contributed by atoms with van der Waals surface area (Å²) in [5, 5.41) is 0. The fourth-order valence-corrected chi connectivity index (χ4v) is 9.02. The molecule has 0 spiro atoms. The molecule has 0 heterocycles. The quantitative estimate of drug-likeness (QED) is 0.611. The van der Waals surface area contributed by atoms with Gasteiger partial charge in [-0.1, -0.05) is 25.5 Å². The van der Waals surface area contributed by atoms with Crippen LogP contribution in [0.2, 0.25) is 32.2 Å². The third-order valence-corrected chi connectivity index (χ3v) is 8.52. The van der Waals surface area contributed by atoms with Crippen molar-refractivity contribution < 1.29 is 4.12 Å². The molecule has 0 saturated carbocycles. The van der Waals surface area contributed by atoms with Crippen molar-refractivity contribution in [2.24, 2.45) is 0 Å². The van der Waals surface area contributed by atoms with Crippen molar-refractivity contribution in [3.63, 3.8) is 0 Å². The normalized spacial score (nSPS) is 16.7. The second-order valence-electron chi connectivity index (χ2n) is 4.83. The molecule has 0 bridgehead atoms. The molecule has 0 N–H and O–H groups in total. The van der Waals surface area contributed by atoms with Crippen LogP contribution >= 0.6 is 0 Å². The highest BCUT2D eigenvalue weighted by Crippen LogP contribution is 2.21. The van der Waals surface area contributed by atoms with Crippen molar-refractivity contribution in [2.45, 2.75) is 52.0 Å². The predicted molar refractivity (Wildman–Crippen MR) is 66.0 cm³/mol. The zero-order valence-corrected chi connectivity index (χ0v) is 11.8. The molecule has 0 saturated heterocycles. The SMILES string of the molecule is C=C[Si](C)(CCCC)O[Si](C)(C)C. The average molecular weight is 216 g/mol. The van der Waals surface area contributed by atoms with Gasteiger partial charge in [0, 0.05) is 0 Å². The molecule has 1 nitrogen and oxygen atoms in total. The Morgan fingerprint density at radius 1 is 1.23 bits per heavy atom. The highest BCUT2D eigenvalue weighted by molar-refractivity contribution is 6.87. The molecule has 0 aromatic rings. The molecule has 0 aliphatic rings. The smallest absolute Gasteiger partial charge is 0.201 e. The van der Waals surface area contributed by atoms with Gasteiger partial charge in [-0.15, -0.1) is 6.58 Å². The highest BCUT2D eigenvalue weighted by Gasteiger charge is 2.30. The van der Waals surface area contributed by atoms with Crippen molar-refractivity contribution >= 4 is 16.6 Å². The van der Waals surface area contributed by atoms with Crippen LogP contribution in [0, 0.1) is 0 Å². The summed E-state index contributed by atoms with van der Waals surface area (Å²) in [6.07, 6.45) is 2.53. The molecular formula is C10H24OSi2. The monoisotopic (exact) mass is 216 g/mol. The lowest BCUT2D eigenvalue weighted by Crippen LogP contribution is -2.43. The number of rotatable bonds is 6. The Bertz CT molecular complexity index is 163. The van der Waals surface area contributed by atoms with Gasteiger partial charge in [-0.05, 0) is 32.2 Å². The molecular weight excluding hydrogens is 192 g/mol. The molecule has 1 unspecified atom stereocenters. The summed E-state index contributed by atoms with van der Waals surface area (Å²) >= 11 is 0. The van der Waals surface area contributed by atoms with E-state index in [1.165, 1.54) is 18.9 Å². The van der Waals surface area contributed by atoms with Crippen molar-refractivity contribution in [1.29, 1.82) is 0 Å². The van der Waals surface area contributed by atoms with Crippen molar-refractivity contribution in [1.82, 2.24) is 0 Å². The van der Waals surface area contributed by atoms with Gasteiger partial charge >= 0.3 is 0 Å². The van der Waals surface area contributed by atoms with Crippen LogP contribution < -0.4 is 0 Å². The van der Waals surface area contributed by atoms with E-state index in [1.54, 1.807) is 0 Å². The van der Waals surface area contributed by atoms with E-state index in [-0.39, 0.29) is 0 Å². The fraction of sp³-hybridized carbons (Fsp3) is 0.800. The van der Waals surface area contributed by atoms with Crippen LogP contribution in [0.5, 0.6) is 0 Å². The lowest BCUT2D eigenvalue weighted by atomic mass is 10.4. The molecule has 78 valence electrons. The third kappa shape index (κ3) is 6.24. The molecule has 0 radical (unpaired) electrons. The Kier molecular flexibility index (Phi) is 5.18. The number of unbranched alkanes of at least 4 members (excludes halogenated alkanes) is 1. The van der Waals surface area contributed by atoms with Gasteiger partial charge in [0.25, 0.3) is 0 Å². The first-order valence-corrected chi connectivity index (χ1v) is 11.3. The van der Waals surface area contributed by atoms with Crippen LogP contribution in [-0.4, -0.2) is 16.6 Å². The lowest BCUT2D eigenvalue weighted by molar-refractivity contribution is 0.549. The summed E-state index contributed by atoms with van der Waals surface area (Å²) in [5.74, 6) is 0. The number of hydrogen-bond donors (Lipinski definition) is 0. The average Bonchev–Trinajstić information content (AvgIpc) is 1.98. The minimum absolute atomic E-state index is 1.23. The minimum atomic E-state index is -1.55. The Balaban J connectivity index is 4.19. The zero-order chi connectivity index (χ0) is 10.5. The van der Waals surface area contributed by atoms with Crippen LogP contribution in [0.15, 0.2) is 12.3 Å². The highest BCUT2D eigenvalue weighted by atomic mass is 28.4. The van der Waals surface area contributed by atoms with Crippen molar-refractivity contribution in [3.05, 3.63) is 12.3 Å². The molecule has 0 aliphatic heterocycles. The van der Waals surface area contributed by atoms with Gasteiger partial charge in [-0.2, -0.15) is 0 Å². The van der Waals surface area contributed by atoms with Gasteiger partial charge in [-0.25, -0.2) is 0 Å². The fourth-order valence-electron chi connectivity index (χ4n) is 1.42. The van der Waals surface area contributed by atoms with E-state index in [0.29, 0.717) is 0 Å². The lowest BCUT2D eigenvalue weighted by Gasteiger charge is -2.32. The van der Waals surface area contributed by atoms with Crippen LogP contribution in [0.4, 0.5) is 0 Å². The Morgan fingerprint density at radius 2 is 1.77 bits per heavy atom. The Hall–Kier alpha value is 0.134. The molecule has 13 heavy (non-hydrogen) atoms. The summed E-state index contributed by atoms with van der Waals surface area (Å²) in [6, 6.07) is 1.23. The topological polar surface area (TPSA) is 9.23 Å². The first-order valence-electron chi connectivity index (χ1n) is 5.17. The van der Waals surface area contributed by atoms with Crippen LogP contribution in [0.3, 0.4) is 0 Å². The van der Waals surface area contributed by atoms with Crippen molar-refractivity contribution in [2.75, 3.05) is 0 Å². The molecule has 0 aliphatic carbocycles. The minimum Gasteiger partial charge on any atom is -0.453 e. The van der Waals surface area contributed by atoms with Crippen LogP contribution in [-0.2, 0) is 4.12 Å². The molecule has 0 aromatic carbocycles. The van der Waals surface area contributed by atoms with Gasteiger partial charge in [-0.3, -0.25) is 0 Å². The standard InChI is InChI=1S/C10H24OSi2/c1-7-9-10-13(6,8-2)11-12(3,4)5/h8H,2,7,9-10H2,1,3-6H3. The van der Waals surface area contributed by atoms with E-state index >= 15 is 0 Å². The van der Waals surface area contributed by atoms with Gasteiger partial charge in [0.05, 0.1) is 0 Å². The summed E-state index contributed by atoms with van der Waals surface area (Å²) in [6.45, 7) is 15.2. The Labute approximate surface area is 85.5 Å². The second kappa shape index (κ2) is 5.12. The van der Waals surface area contributed by atoms with E-state index in [2.05, 4.69) is 45.4 Å². The van der Waals surface area contributed by atoms with E-state index in [1.807, 2.05) is 0 Å². The van der Waals surface area contributed by atoms with Gasteiger partial charge in [0.15, 0.2) is 8.32 Å². The first kappa shape index (κ1) is 13.1. The van der Waals surface area contributed by atoms with Gasteiger partial charge in [0.2, 0.25) is 8.32 Å². The maximum atomic E-state index is 6.24. The van der Waals surface area contributed by atoms with E-state index in [0.717, 1.165) is 0 Å². The van der Waals surface area contributed by atoms with E-state index in [4.69, 9.17) is 4.12 Å². The first-order chi connectivity index (χ1) is 5.83. The molecule has 1 atom stereocenters. The maximum Gasteiger partial charge on any atom is 0.201 e. The summed E-state index contributed by atoms with van der Waals surface area (Å²) in [7, 11) is -2.93. The van der Waals surface area contributed by atoms with Crippen LogP contribution in [0.25, 0.3) is 0 Å². The molecule has 3 heteroatoms. The summed E-state index contributed by atoms with van der Waals surface area (Å²) in [5.41, 5.74) is 2.10. The second-order valence-corrected chi connectivity index (χ2v) is 13.4. The van der Waals surface area contributed by atoms with Crippen molar-refractivity contribution in [3.8, 4) is 0 Å². The largest absolute Gasteiger partial charge is 0.453 e. The summed E-state index contributed by atoms with van der Waals surface area (Å²) < 4.78 is 6.24. The molecule has 0 aromatic heterocycles.